The number of pyridine rings is 1. The predicted molar refractivity (Wildman–Crippen MR) is 108 cm³/mol. The largest absolute Gasteiger partial charge is 0.483 e. The number of fused-ring (bicyclic) bond motifs is 1. The summed E-state index contributed by atoms with van der Waals surface area (Å²) in [6.07, 6.45) is 1.91. The zero-order valence-corrected chi connectivity index (χ0v) is 15.7. The molecule has 1 amide bonds. The maximum Gasteiger partial charge on any atom is 0.262 e. The number of rotatable bonds is 5. The van der Waals surface area contributed by atoms with Crippen LogP contribution >= 0.6 is 0 Å². The Morgan fingerprint density at radius 3 is 2.82 bits per heavy atom. The van der Waals surface area contributed by atoms with Crippen molar-refractivity contribution in [2.24, 2.45) is 0 Å². The Morgan fingerprint density at radius 1 is 1.04 bits per heavy atom. The molecule has 28 heavy (non-hydrogen) atoms. The average Bonchev–Trinajstić information content (AvgIpc) is 3.13. The first kappa shape index (κ1) is 17.7. The standard InChI is InChI=1S/C22H20N4O2/c1-15-9-10-16(2)19(12-15)28-14-21(27)23-18-7-5-6-17(13-18)22-25-24-20-8-3-4-11-26(20)22/h3-13H,14H2,1-2H3,(H,23,27). The number of aromatic nitrogens is 3. The summed E-state index contributed by atoms with van der Waals surface area (Å²) in [4.78, 5) is 12.3. The summed E-state index contributed by atoms with van der Waals surface area (Å²) in [5.74, 6) is 1.22. The number of ether oxygens (including phenoxy) is 1. The SMILES string of the molecule is Cc1ccc(C)c(OCC(=O)Nc2cccc(-c3nnc4ccccn34)c2)c1. The molecular formula is C22H20N4O2. The number of nitrogens with zero attached hydrogens (tertiary/aromatic N) is 3. The maximum atomic E-state index is 12.3. The lowest BCUT2D eigenvalue weighted by atomic mass is 10.1. The fraction of sp³-hybridized carbons (Fsp3) is 0.136. The molecule has 0 spiro atoms. The Bertz CT molecular complexity index is 1150. The highest BCUT2D eigenvalue weighted by Crippen LogP contribution is 2.22. The van der Waals surface area contributed by atoms with Crippen LogP contribution < -0.4 is 10.1 Å². The molecular weight excluding hydrogens is 352 g/mol. The molecule has 6 heteroatoms. The Labute approximate surface area is 162 Å². The molecule has 140 valence electrons. The van der Waals surface area contributed by atoms with Gasteiger partial charge in [-0.05, 0) is 55.3 Å². The van der Waals surface area contributed by atoms with Crippen LogP contribution in [0.2, 0.25) is 0 Å². The number of carbonyl (C=O) groups is 1. The Kier molecular flexibility index (Phi) is 4.76. The summed E-state index contributed by atoms with van der Waals surface area (Å²) in [6.45, 7) is 3.90. The summed E-state index contributed by atoms with van der Waals surface area (Å²) < 4.78 is 7.58. The molecule has 0 atom stereocenters. The Hall–Kier alpha value is -3.67. The van der Waals surface area contributed by atoms with Crippen molar-refractivity contribution < 1.29 is 9.53 Å². The first-order valence-electron chi connectivity index (χ1n) is 9.00. The van der Waals surface area contributed by atoms with E-state index in [2.05, 4.69) is 15.5 Å². The molecule has 0 bridgehead atoms. The van der Waals surface area contributed by atoms with Gasteiger partial charge in [-0.2, -0.15) is 0 Å². The molecule has 1 N–H and O–H groups in total. The van der Waals surface area contributed by atoms with Crippen molar-refractivity contribution in [3.8, 4) is 17.1 Å². The van der Waals surface area contributed by atoms with Crippen molar-refractivity contribution in [3.05, 3.63) is 78.0 Å². The van der Waals surface area contributed by atoms with Gasteiger partial charge in [0, 0.05) is 17.4 Å². The zero-order valence-electron chi connectivity index (χ0n) is 15.7. The van der Waals surface area contributed by atoms with Gasteiger partial charge in [0.25, 0.3) is 5.91 Å². The molecule has 0 unspecified atom stereocenters. The van der Waals surface area contributed by atoms with Gasteiger partial charge in [0.2, 0.25) is 0 Å². The van der Waals surface area contributed by atoms with E-state index in [9.17, 15) is 4.79 Å². The van der Waals surface area contributed by atoms with Gasteiger partial charge in [0.1, 0.15) is 5.75 Å². The molecule has 0 saturated heterocycles. The number of anilines is 1. The molecule has 6 nitrogen and oxygen atoms in total. The lowest BCUT2D eigenvalue weighted by Gasteiger charge is -2.11. The van der Waals surface area contributed by atoms with Crippen LogP contribution in [-0.2, 0) is 4.79 Å². The van der Waals surface area contributed by atoms with E-state index in [-0.39, 0.29) is 12.5 Å². The highest BCUT2D eigenvalue weighted by atomic mass is 16.5. The van der Waals surface area contributed by atoms with E-state index in [0.29, 0.717) is 5.69 Å². The molecule has 2 aromatic carbocycles. The van der Waals surface area contributed by atoms with E-state index >= 15 is 0 Å². The van der Waals surface area contributed by atoms with Crippen LogP contribution in [0.5, 0.6) is 5.75 Å². The first-order valence-corrected chi connectivity index (χ1v) is 9.00. The monoisotopic (exact) mass is 372 g/mol. The van der Waals surface area contributed by atoms with Crippen LogP contribution in [-0.4, -0.2) is 27.1 Å². The Balaban J connectivity index is 1.47. The number of aryl methyl sites for hydroxylation is 2. The third-order valence-electron chi connectivity index (χ3n) is 4.42. The fourth-order valence-corrected chi connectivity index (χ4v) is 2.98. The van der Waals surface area contributed by atoms with E-state index < -0.39 is 0 Å². The normalized spacial score (nSPS) is 10.8. The van der Waals surface area contributed by atoms with E-state index in [1.165, 1.54) is 0 Å². The van der Waals surface area contributed by atoms with Gasteiger partial charge >= 0.3 is 0 Å². The molecule has 0 aliphatic carbocycles. The molecule has 0 aliphatic rings. The third kappa shape index (κ3) is 3.71. The van der Waals surface area contributed by atoms with E-state index in [4.69, 9.17) is 4.74 Å². The van der Waals surface area contributed by atoms with Gasteiger partial charge in [-0.1, -0.05) is 30.3 Å². The summed E-state index contributed by atoms with van der Waals surface area (Å²) in [7, 11) is 0. The number of hydrogen-bond donors (Lipinski definition) is 1. The maximum absolute atomic E-state index is 12.3. The smallest absolute Gasteiger partial charge is 0.262 e. The minimum atomic E-state index is -0.218. The highest BCUT2D eigenvalue weighted by Gasteiger charge is 2.10. The molecule has 0 radical (unpaired) electrons. The summed E-state index contributed by atoms with van der Waals surface area (Å²) in [5.41, 5.74) is 4.41. The van der Waals surface area contributed by atoms with Gasteiger partial charge in [-0.25, -0.2) is 0 Å². The summed E-state index contributed by atoms with van der Waals surface area (Å²) >= 11 is 0. The van der Waals surface area contributed by atoms with Gasteiger partial charge < -0.3 is 10.1 Å². The lowest BCUT2D eigenvalue weighted by Crippen LogP contribution is -2.20. The van der Waals surface area contributed by atoms with Crippen LogP contribution in [0.3, 0.4) is 0 Å². The van der Waals surface area contributed by atoms with Gasteiger partial charge in [0.05, 0.1) is 0 Å². The van der Waals surface area contributed by atoms with Crippen LogP contribution in [0.25, 0.3) is 17.0 Å². The number of amides is 1. The molecule has 4 rings (SSSR count). The fourth-order valence-electron chi connectivity index (χ4n) is 2.98. The first-order chi connectivity index (χ1) is 13.6. The molecule has 0 fully saturated rings. The third-order valence-corrected chi connectivity index (χ3v) is 4.42. The predicted octanol–water partition coefficient (Wildman–Crippen LogP) is 4.03. The average molecular weight is 372 g/mol. The molecule has 2 aromatic heterocycles. The van der Waals surface area contributed by atoms with Crippen molar-refractivity contribution in [1.82, 2.24) is 14.6 Å². The number of carbonyl (C=O) groups excluding carboxylic acids is 1. The number of benzene rings is 2. The Morgan fingerprint density at radius 2 is 1.93 bits per heavy atom. The highest BCUT2D eigenvalue weighted by molar-refractivity contribution is 5.92. The minimum Gasteiger partial charge on any atom is -0.483 e. The van der Waals surface area contributed by atoms with Gasteiger partial charge in [-0.15, -0.1) is 10.2 Å². The van der Waals surface area contributed by atoms with Crippen molar-refractivity contribution >= 4 is 17.2 Å². The summed E-state index contributed by atoms with van der Waals surface area (Å²) in [5, 5.41) is 11.3. The van der Waals surface area contributed by atoms with E-state index in [1.807, 2.05) is 85.1 Å². The second-order valence-electron chi connectivity index (χ2n) is 6.64. The minimum absolute atomic E-state index is 0.0532. The zero-order chi connectivity index (χ0) is 19.5. The molecule has 2 heterocycles. The molecule has 4 aromatic rings. The van der Waals surface area contributed by atoms with E-state index in [0.717, 1.165) is 33.9 Å². The van der Waals surface area contributed by atoms with Crippen LogP contribution in [0.1, 0.15) is 11.1 Å². The number of nitrogens with one attached hydrogen (secondary N) is 1. The lowest BCUT2D eigenvalue weighted by molar-refractivity contribution is -0.118. The van der Waals surface area contributed by atoms with Crippen LogP contribution in [0, 0.1) is 13.8 Å². The van der Waals surface area contributed by atoms with Crippen LogP contribution in [0.4, 0.5) is 5.69 Å². The second-order valence-corrected chi connectivity index (χ2v) is 6.64. The second kappa shape index (κ2) is 7.52. The van der Waals surface area contributed by atoms with Crippen LogP contribution in [0.15, 0.2) is 66.9 Å². The van der Waals surface area contributed by atoms with E-state index in [1.54, 1.807) is 0 Å². The number of hydrogen-bond acceptors (Lipinski definition) is 4. The summed E-state index contributed by atoms with van der Waals surface area (Å²) in [6, 6.07) is 19.2. The quantitative estimate of drug-likeness (QED) is 0.574. The van der Waals surface area contributed by atoms with Gasteiger partial charge in [-0.3, -0.25) is 9.20 Å². The van der Waals surface area contributed by atoms with Crippen molar-refractivity contribution in [2.75, 3.05) is 11.9 Å². The molecule has 0 aliphatic heterocycles. The van der Waals surface area contributed by atoms with Crippen molar-refractivity contribution in [3.63, 3.8) is 0 Å². The van der Waals surface area contributed by atoms with Crippen molar-refractivity contribution in [2.45, 2.75) is 13.8 Å². The topological polar surface area (TPSA) is 68.5 Å². The molecule has 0 saturated carbocycles. The van der Waals surface area contributed by atoms with Crippen molar-refractivity contribution in [1.29, 1.82) is 0 Å². The van der Waals surface area contributed by atoms with Gasteiger partial charge in [0.15, 0.2) is 18.1 Å².